The van der Waals surface area contributed by atoms with Gasteiger partial charge in [0.25, 0.3) is 0 Å². The minimum absolute atomic E-state index is 0.545. The van der Waals surface area contributed by atoms with Gasteiger partial charge in [0.1, 0.15) is 11.4 Å². The summed E-state index contributed by atoms with van der Waals surface area (Å²) in [4.78, 5) is 1.74. The molecule has 0 unspecified atom stereocenters. The van der Waals surface area contributed by atoms with Crippen molar-refractivity contribution >= 4 is 23.2 Å². The van der Waals surface area contributed by atoms with Crippen LogP contribution in [0.2, 0.25) is 10.0 Å². The van der Waals surface area contributed by atoms with E-state index in [0.29, 0.717) is 23.1 Å². The number of rotatable bonds is 7. The fourth-order valence-electron chi connectivity index (χ4n) is 3.67. The molecule has 29 heavy (non-hydrogen) atoms. The number of halogens is 2. The van der Waals surface area contributed by atoms with E-state index in [-0.39, 0.29) is 0 Å². The zero-order valence-electron chi connectivity index (χ0n) is 16.2. The van der Waals surface area contributed by atoms with Crippen molar-refractivity contribution in [1.82, 2.24) is 25.6 Å². The molecule has 0 saturated carbocycles. The second-order valence-electron chi connectivity index (χ2n) is 7.46. The number of piperidine rings is 1. The van der Waals surface area contributed by atoms with Gasteiger partial charge < -0.3 is 10.6 Å². The Morgan fingerprint density at radius 1 is 1.00 bits per heavy atom. The Balaban J connectivity index is 1.51. The number of hydrogen-bond donors (Lipinski definition) is 2. The molecule has 1 aromatic heterocycles. The number of aromatic nitrogens is 3. The minimum atomic E-state index is 0.545. The molecule has 2 aromatic carbocycles. The second-order valence-corrected chi connectivity index (χ2v) is 8.28. The van der Waals surface area contributed by atoms with Crippen LogP contribution in [-0.4, -0.2) is 34.6 Å². The van der Waals surface area contributed by atoms with Gasteiger partial charge in [-0.3, -0.25) is 0 Å². The van der Waals surface area contributed by atoms with Crippen molar-refractivity contribution in [3.8, 4) is 11.3 Å². The SMILES string of the molecule is Clc1ccc(Cn2nc(CNCC3CCNCC3)c(-c3ccccc3)n2)cc1Cl. The summed E-state index contributed by atoms with van der Waals surface area (Å²) in [5.41, 5.74) is 3.98. The summed E-state index contributed by atoms with van der Waals surface area (Å²) in [7, 11) is 0. The number of nitrogens with zero attached hydrogens (tertiary/aromatic N) is 3. The summed E-state index contributed by atoms with van der Waals surface area (Å²) in [5, 5.41) is 17.7. The van der Waals surface area contributed by atoms with Gasteiger partial charge >= 0.3 is 0 Å². The second kappa shape index (κ2) is 9.72. The summed E-state index contributed by atoms with van der Waals surface area (Å²) < 4.78 is 0. The van der Waals surface area contributed by atoms with E-state index in [1.807, 2.05) is 36.4 Å². The van der Waals surface area contributed by atoms with Gasteiger partial charge in [0.15, 0.2) is 0 Å². The average molecular weight is 430 g/mol. The van der Waals surface area contributed by atoms with E-state index in [2.05, 4.69) is 22.8 Å². The van der Waals surface area contributed by atoms with Gasteiger partial charge in [-0.2, -0.15) is 15.0 Å². The fourth-order valence-corrected chi connectivity index (χ4v) is 3.99. The lowest BCUT2D eigenvalue weighted by Gasteiger charge is -2.22. The summed E-state index contributed by atoms with van der Waals surface area (Å²) in [5.74, 6) is 0.725. The predicted molar refractivity (Wildman–Crippen MR) is 118 cm³/mol. The van der Waals surface area contributed by atoms with Crippen LogP contribution in [-0.2, 0) is 13.1 Å². The van der Waals surface area contributed by atoms with Crippen LogP contribution in [0.15, 0.2) is 48.5 Å². The molecule has 7 heteroatoms. The summed E-state index contributed by atoms with van der Waals surface area (Å²) in [6, 6.07) is 15.8. The van der Waals surface area contributed by atoms with Crippen LogP contribution >= 0.6 is 23.2 Å². The predicted octanol–water partition coefficient (Wildman–Crippen LogP) is 4.39. The number of benzene rings is 2. The van der Waals surface area contributed by atoms with Crippen molar-refractivity contribution in [3.05, 3.63) is 69.8 Å². The maximum atomic E-state index is 6.16. The van der Waals surface area contributed by atoms with Crippen molar-refractivity contribution in [2.45, 2.75) is 25.9 Å². The molecule has 2 N–H and O–H groups in total. The topological polar surface area (TPSA) is 54.8 Å². The van der Waals surface area contributed by atoms with E-state index >= 15 is 0 Å². The first-order valence-corrected chi connectivity index (χ1v) is 10.8. The number of nitrogens with one attached hydrogen (secondary N) is 2. The summed E-state index contributed by atoms with van der Waals surface area (Å²) >= 11 is 12.2. The lowest BCUT2D eigenvalue weighted by molar-refractivity contribution is 0.355. The van der Waals surface area contributed by atoms with Crippen LogP contribution < -0.4 is 10.6 Å². The smallest absolute Gasteiger partial charge is 0.117 e. The van der Waals surface area contributed by atoms with Gasteiger partial charge in [0.2, 0.25) is 0 Å². The van der Waals surface area contributed by atoms with Crippen molar-refractivity contribution < 1.29 is 0 Å². The highest BCUT2D eigenvalue weighted by Gasteiger charge is 2.16. The minimum Gasteiger partial charge on any atom is -0.317 e. The quantitative estimate of drug-likeness (QED) is 0.584. The van der Waals surface area contributed by atoms with Crippen LogP contribution in [0.1, 0.15) is 24.1 Å². The van der Waals surface area contributed by atoms with E-state index in [1.165, 1.54) is 12.8 Å². The molecule has 0 atom stereocenters. The van der Waals surface area contributed by atoms with Crippen molar-refractivity contribution in [3.63, 3.8) is 0 Å². The third-order valence-electron chi connectivity index (χ3n) is 5.26. The zero-order valence-corrected chi connectivity index (χ0v) is 17.8. The van der Waals surface area contributed by atoms with Gasteiger partial charge in [0, 0.05) is 12.1 Å². The molecule has 4 rings (SSSR count). The third kappa shape index (κ3) is 5.37. The zero-order chi connectivity index (χ0) is 20.1. The molecule has 3 aromatic rings. The van der Waals surface area contributed by atoms with Crippen LogP contribution in [0.5, 0.6) is 0 Å². The molecule has 152 valence electrons. The first-order chi connectivity index (χ1) is 14.2. The molecule has 0 spiro atoms. The van der Waals surface area contributed by atoms with Gasteiger partial charge in [-0.1, -0.05) is 59.6 Å². The van der Waals surface area contributed by atoms with E-state index in [1.54, 1.807) is 4.80 Å². The van der Waals surface area contributed by atoms with E-state index in [0.717, 1.165) is 48.1 Å². The molecule has 1 aliphatic rings. The maximum absolute atomic E-state index is 6.16. The number of hydrogen-bond acceptors (Lipinski definition) is 4. The maximum Gasteiger partial charge on any atom is 0.117 e. The first-order valence-electron chi connectivity index (χ1n) is 10.0. The lowest BCUT2D eigenvalue weighted by atomic mass is 9.98. The largest absolute Gasteiger partial charge is 0.317 e. The molecule has 2 heterocycles. The van der Waals surface area contributed by atoms with Gasteiger partial charge in [-0.25, -0.2) is 0 Å². The third-order valence-corrected chi connectivity index (χ3v) is 6.00. The molecule has 1 aliphatic heterocycles. The van der Waals surface area contributed by atoms with Crippen molar-refractivity contribution in [1.29, 1.82) is 0 Å². The van der Waals surface area contributed by atoms with Crippen LogP contribution in [0.3, 0.4) is 0 Å². The Hall–Kier alpha value is -1.92. The summed E-state index contributed by atoms with van der Waals surface area (Å²) in [6.07, 6.45) is 2.45. The van der Waals surface area contributed by atoms with Gasteiger partial charge in [-0.15, -0.1) is 0 Å². The fraction of sp³-hybridized carbons (Fsp3) is 0.364. The van der Waals surface area contributed by atoms with Gasteiger partial charge in [0.05, 0.1) is 16.6 Å². The molecule has 5 nitrogen and oxygen atoms in total. The van der Waals surface area contributed by atoms with E-state index in [4.69, 9.17) is 33.4 Å². The Bertz CT molecular complexity index is 936. The molecular weight excluding hydrogens is 405 g/mol. The Morgan fingerprint density at radius 3 is 2.55 bits per heavy atom. The standard InChI is InChI=1S/C22H25Cl2N5/c23-19-7-6-17(12-20(19)24)15-29-27-21(14-26-13-16-8-10-25-11-9-16)22(28-29)18-4-2-1-3-5-18/h1-7,12,16,25-26H,8-11,13-15H2. The van der Waals surface area contributed by atoms with Gasteiger partial charge in [-0.05, 0) is 56.1 Å². The normalized spacial score (nSPS) is 15.0. The van der Waals surface area contributed by atoms with Crippen LogP contribution in [0.4, 0.5) is 0 Å². The molecule has 0 aliphatic carbocycles. The lowest BCUT2D eigenvalue weighted by Crippen LogP contribution is -2.33. The Kier molecular flexibility index (Phi) is 6.82. The highest BCUT2D eigenvalue weighted by atomic mass is 35.5. The van der Waals surface area contributed by atoms with Crippen molar-refractivity contribution in [2.75, 3.05) is 19.6 Å². The van der Waals surface area contributed by atoms with Crippen molar-refractivity contribution in [2.24, 2.45) is 5.92 Å². The Labute approximate surface area is 181 Å². The highest BCUT2D eigenvalue weighted by molar-refractivity contribution is 6.42. The van der Waals surface area contributed by atoms with E-state index < -0.39 is 0 Å². The molecule has 0 radical (unpaired) electrons. The molecular formula is C22H25Cl2N5. The highest BCUT2D eigenvalue weighted by Crippen LogP contribution is 2.24. The molecule has 0 amide bonds. The van der Waals surface area contributed by atoms with Crippen LogP contribution in [0.25, 0.3) is 11.3 Å². The van der Waals surface area contributed by atoms with E-state index in [9.17, 15) is 0 Å². The Morgan fingerprint density at radius 2 is 1.79 bits per heavy atom. The summed E-state index contributed by atoms with van der Waals surface area (Å²) in [6.45, 7) is 4.49. The van der Waals surface area contributed by atoms with Crippen LogP contribution in [0, 0.1) is 5.92 Å². The molecule has 1 fully saturated rings. The molecule has 0 bridgehead atoms. The average Bonchev–Trinajstić information content (AvgIpc) is 3.15. The monoisotopic (exact) mass is 429 g/mol. The first kappa shape index (κ1) is 20.4. The molecule has 1 saturated heterocycles.